The highest BCUT2D eigenvalue weighted by molar-refractivity contribution is 5.72. The molecule has 0 spiro atoms. The number of benzene rings is 1. The number of allylic oxidation sites excluding steroid dienone is 1. The molecule has 3 aliphatic rings. The van der Waals surface area contributed by atoms with E-state index in [9.17, 15) is 0 Å². The van der Waals surface area contributed by atoms with E-state index in [0.717, 1.165) is 17.3 Å². The number of anilines is 2. The lowest BCUT2D eigenvalue weighted by Crippen LogP contribution is -2.51. The van der Waals surface area contributed by atoms with Crippen LogP contribution in [0.1, 0.15) is 40.0 Å². The van der Waals surface area contributed by atoms with Crippen molar-refractivity contribution in [3.8, 4) is 6.07 Å². The van der Waals surface area contributed by atoms with Crippen molar-refractivity contribution in [1.82, 2.24) is 4.90 Å². The van der Waals surface area contributed by atoms with Gasteiger partial charge in [0.05, 0.1) is 6.07 Å². The average molecular weight is 364 g/mol. The molecule has 27 heavy (non-hydrogen) atoms. The molecule has 1 aromatic rings. The predicted octanol–water partition coefficient (Wildman–Crippen LogP) is 4.43. The normalized spacial score (nSPS) is 33.1. The highest BCUT2D eigenvalue weighted by Gasteiger charge is 2.63. The second-order valence-corrected chi connectivity index (χ2v) is 8.82. The molecule has 2 N–H and O–H groups in total. The van der Waals surface area contributed by atoms with Gasteiger partial charge in [-0.05, 0) is 60.3 Å². The maximum atomic E-state index is 8.77. The molecule has 2 bridgehead atoms. The molecule has 0 radical (unpaired) electrons. The predicted molar refractivity (Wildman–Crippen MR) is 110 cm³/mol. The van der Waals surface area contributed by atoms with Gasteiger partial charge in [0.15, 0.2) is 6.29 Å². The van der Waals surface area contributed by atoms with Gasteiger partial charge >= 0.3 is 0 Å². The molecule has 4 atom stereocenters. The van der Waals surface area contributed by atoms with Crippen LogP contribution in [0.15, 0.2) is 41.5 Å². The van der Waals surface area contributed by atoms with Gasteiger partial charge in [-0.2, -0.15) is 5.26 Å². The van der Waals surface area contributed by atoms with Gasteiger partial charge < -0.3 is 15.5 Å². The Morgan fingerprint density at radius 3 is 2.81 bits per heavy atom. The molecule has 1 aromatic carbocycles. The van der Waals surface area contributed by atoms with Gasteiger partial charge in [0.25, 0.3) is 0 Å². The van der Waals surface area contributed by atoms with Crippen molar-refractivity contribution in [3.63, 3.8) is 0 Å². The van der Waals surface area contributed by atoms with Crippen LogP contribution in [0.5, 0.6) is 0 Å². The molecule has 5 nitrogen and oxygen atoms in total. The van der Waals surface area contributed by atoms with E-state index < -0.39 is 0 Å². The Balaban J connectivity index is 1.54. The number of nitrogens with zero attached hydrogens (tertiary/aromatic N) is 3. The number of rotatable bonds is 5. The summed E-state index contributed by atoms with van der Waals surface area (Å²) in [5.41, 5.74) is 2.63. The lowest BCUT2D eigenvalue weighted by molar-refractivity contribution is 0.0545. The summed E-state index contributed by atoms with van der Waals surface area (Å²) in [6.45, 7) is 7.68. The number of hydrogen-bond acceptors (Lipinski definition) is 5. The summed E-state index contributed by atoms with van der Waals surface area (Å²) in [6, 6.07) is 10.7. The third-order valence-electron chi connectivity index (χ3n) is 7.49. The largest absolute Gasteiger partial charge is 0.372 e. The van der Waals surface area contributed by atoms with E-state index in [1.165, 1.54) is 19.3 Å². The van der Waals surface area contributed by atoms with E-state index >= 15 is 0 Å². The molecule has 142 valence electrons. The molecular weight excluding hydrogens is 334 g/mol. The van der Waals surface area contributed by atoms with Gasteiger partial charge in [0.2, 0.25) is 0 Å². The molecule has 2 fully saturated rings. The van der Waals surface area contributed by atoms with Crippen LogP contribution in [0.3, 0.4) is 0 Å². The second kappa shape index (κ2) is 6.60. The highest BCUT2D eigenvalue weighted by atomic mass is 15.4. The minimum Gasteiger partial charge on any atom is -0.372 e. The van der Waals surface area contributed by atoms with Crippen molar-refractivity contribution in [3.05, 3.63) is 36.5 Å². The van der Waals surface area contributed by atoms with Crippen molar-refractivity contribution in [2.45, 2.75) is 52.4 Å². The van der Waals surface area contributed by atoms with Gasteiger partial charge in [0, 0.05) is 29.8 Å². The molecule has 2 saturated carbocycles. The smallest absolute Gasteiger partial charge is 0.196 e. The average Bonchev–Trinajstić information content (AvgIpc) is 3.00. The van der Waals surface area contributed by atoms with Crippen LogP contribution in [0.2, 0.25) is 0 Å². The first-order chi connectivity index (χ1) is 13.0. The van der Waals surface area contributed by atoms with E-state index in [0.29, 0.717) is 23.4 Å². The molecule has 0 saturated heterocycles. The molecule has 1 heterocycles. The first-order valence-corrected chi connectivity index (χ1v) is 9.90. The highest BCUT2D eigenvalue weighted by Crippen LogP contribution is 2.66. The molecule has 1 aliphatic heterocycles. The Kier molecular flexibility index (Phi) is 4.38. The standard InChI is InChI=1S/C22H29N5/c1-21(2)16-8-9-22(21,3)19(14-16)27-13-5-11-25-20(27)26-18-7-4-6-17(15-18)24-12-10-23/h4-7,11,13,15-16,19-20,24,26H,8-9,12,14H2,1-3H3. The monoisotopic (exact) mass is 363 g/mol. The van der Waals surface area contributed by atoms with E-state index in [-0.39, 0.29) is 6.29 Å². The van der Waals surface area contributed by atoms with Crippen LogP contribution in [-0.2, 0) is 0 Å². The number of fused-ring (bicyclic) bond motifs is 2. The van der Waals surface area contributed by atoms with Crippen LogP contribution < -0.4 is 10.6 Å². The summed E-state index contributed by atoms with van der Waals surface area (Å²) < 4.78 is 0. The second-order valence-electron chi connectivity index (χ2n) is 8.82. The van der Waals surface area contributed by atoms with Crippen LogP contribution >= 0.6 is 0 Å². The maximum absolute atomic E-state index is 8.77. The minimum atomic E-state index is -0.0989. The zero-order chi connectivity index (χ0) is 19.1. The number of nitriles is 1. The Morgan fingerprint density at radius 2 is 2.11 bits per heavy atom. The maximum Gasteiger partial charge on any atom is 0.196 e. The Bertz CT molecular complexity index is 805. The zero-order valence-corrected chi connectivity index (χ0v) is 16.4. The lowest BCUT2D eigenvalue weighted by Gasteiger charge is -2.46. The van der Waals surface area contributed by atoms with E-state index in [2.05, 4.69) is 54.6 Å². The van der Waals surface area contributed by atoms with E-state index in [1.54, 1.807) is 0 Å². The molecule has 4 rings (SSSR count). The van der Waals surface area contributed by atoms with Crippen LogP contribution in [0.25, 0.3) is 0 Å². The van der Waals surface area contributed by atoms with Crippen molar-refractivity contribution in [2.24, 2.45) is 21.7 Å². The molecule has 4 unspecified atom stereocenters. The lowest BCUT2D eigenvalue weighted by atomic mass is 9.69. The van der Waals surface area contributed by atoms with Crippen molar-refractivity contribution >= 4 is 17.6 Å². The fourth-order valence-corrected chi connectivity index (χ4v) is 5.44. The first-order valence-electron chi connectivity index (χ1n) is 9.90. The van der Waals surface area contributed by atoms with Crippen molar-refractivity contribution < 1.29 is 0 Å². The van der Waals surface area contributed by atoms with Gasteiger partial charge in [0.1, 0.15) is 6.54 Å². The van der Waals surface area contributed by atoms with Gasteiger partial charge in [-0.1, -0.05) is 26.8 Å². The molecular formula is C22H29N5. The quantitative estimate of drug-likeness (QED) is 0.760. The van der Waals surface area contributed by atoms with Gasteiger partial charge in [-0.25, -0.2) is 4.99 Å². The number of nitrogens with one attached hydrogen (secondary N) is 2. The summed E-state index contributed by atoms with van der Waals surface area (Å²) in [5, 5.41) is 15.5. The summed E-state index contributed by atoms with van der Waals surface area (Å²) >= 11 is 0. The van der Waals surface area contributed by atoms with Gasteiger partial charge in [-0.3, -0.25) is 0 Å². The summed E-state index contributed by atoms with van der Waals surface area (Å²) in [7, 11) is 0. The minimum absolute atomic E-state index is 0.0989. The fourth-order valence-electron chi connectivity index (χ4n) is 5.44. The Morgan fingerprint density at radius 1 is 1.30 bits per heavy atom. The first kappa shape index (κ1) is 17.9. The third kappa shape index (κ3) is 2.88. The van der Waals surface area contributed by atoms with Crippen molar-refractivity contribution in [2.75, 3.05) is 17.2 Å². The fraction of sp³-hybridized carbons (Fsp3) is 0.545. The SMILES string of the molecule is CC1(C)C2CCC1(C)C(N1C=CC=NC1Nc1cccc(NCC#N)c1)C2. The van der Waals surface area contributed by atoms with Crippen molar-refractivity contribution in [1.29, 1.82) is 5.26 Å². The Labute approximate surface area is 162 Å². The van der Waals surface area contributed by atoms with E-state index in [1.807, 2.05) is 30.5 Å². The van der Waals surface area contributed by atoms with Crippen LogP contribution in [0.4, 0.5) is 11.4 Å². The summed E-state index contributed by atoms with van der Waals surface area (Å²) in [6.07, 6.45) is 9.92. The number of hydrogen-bond donors (Lipinski definition) is 2. The van der Waals surface area contributed by atoms with Crippen LogP contribution in [0, 0.1) is 28.1 Å². The summed E-state index contributed by atoms with van der Waals surface area (Å²) in [5.74, 6) is 0.797. The van der Waals surface area contributed by atoms with E-state index in [4.69, 9.17) is 10.3 Å². The molecule has 5 heteroatoms. The molecule has 2 aliphatic carbocycles. The molecule has 0 aromatic heterocycles. The molecule has 0 amide bonds. The number of aliphatic imine (C=N–C) groups is 1. The van der Waals surface area contributed by atoms with Crippen LogP contribution in [-0.4, -0.2) is 30.0 Å². The zero-order valence-electron chi connectivity index (χ0n) is 16.4. The topological polar surface area (TPSA) is 63.4 Å². The van der Waals surface area contributed by atoms with Gasteiger partial charge in [-0.15, -0.1) is 0 Å². The third-order valence-corrected chi connectivity index (χ3v) is 7.49. The summed E-state index contributed by atoms with van der Waals surface area (Å²) in [4.78, 5) is 7.16. The Hall–Kier alpha value is -2.48.